The second-order valence-corrected chi connectivity index (χ2v) is 4.53. The maximum absolute atomic E-state index is 13.8. The number of H-pyrrole nitrogens is 1. The number of aromatic amines is 1. The van der Waals surface area contributed by atoms with E-state index in [0.717, 1.165) is 28.8 Å². The molecule has 0 fully saturated rings. The fourth-order valence-corrected chi connectivity index (χ4v) is 2.33. The van der Waals surface area contributed by atoms with Gasteiger partial charge in [0, 0.05) is 18.2 Å². The second kappa shape index (κ2) is 4.45. The summed E-state index contributed by atoms with van der Waals surface area (Å²) in [6.07, 6.45) is 0. The minimum absolute atomic E-state index is 0.00278. The second-order valence-electron chi connectivity index (χ2n) is 4.14. The predicted octanol–water partition coefficient (Wildman–Crippen LogP) is 4.24. The van der Waals surface area contributed by atoms with E-state index in [1.807, 2.05) is 0 Å². The third-order valence-electron chi connectivity index (χ3n) is 2.86. The van der Waals surface area contributed by atoms with Crippen molar-refractivity contribution in [3.05, 3.63) is 58.4 Å². The van der Waals surface area contributed by atoms with Crippen LogP contribution in [0.3, 0.4) is 0 Å². The van der Waals surface area contributed by atoms with Gasteiger partial charge >= 0.3 is 0 Å². The van der Waals surface area contributed by atoms with Crippen LogP contribution in [0.5, 0.6) is 0 Å². The summed E-state index contributed by atoms with van der Waals surface area (Å²) in [5.74, 6) is -3.14. The third kappa shape index (κ3) is 1.90. The number of imidazole rings is 1. The molecule has 0 saturated heterocycles. The van der Waals surface area contributed by atoms with E-state index in [0.29, 0.717) is 6.07 Å². The first-order chi connectivity index (χ1) is 9.47. The van der Waals surface area contributed by atoms with Crippen LogP contribution in [0.2, 0.25) is 0 Å². The lowest BCUT2D eigenvalue weighted by Crippen LogP contribution is -1.99. The van der Waals surface area contributed by atoms with Crippen LogP contribution in [-0.2, 0) is 0 Å². The quantitative estimate of drug-likeness (QED) is 0.526. The average molecular weight is 298 g/mol. The normalized spacial score (nSPS) is 11.2. The molecule has 0 aliphatic rings. The first-order valence-corrected chi connectivity index (χ1v) is 5.93. The molecular weight excluding hydrogens is 292 g/mol. The topological polar surface area (TPSA) is 20.7 Å². The van der Waals surface area contributed by atoms with Gasteiger partial charge in [0.25, 0.3) is 0 Å². The smallest absolute Gasteiger partial charge is 0.182 e. The largest absolute Gasteiger partial charge is 0.328 e. The molecule has 2 nitrogen and oxygen atoms in total. The fourth-order valence-electron chi connectivity index (χ4n) is 2.03. The van der Waals surface area contributed by atoms with Gasteiger partial charge in [0.2, 0.25) is 0 Å². The highest BCUT2D eigenvalue weighted by atomic mass is 32.1. The number of nitrogens with one attached hydrogen (secondary N) is 1. The van der Waals surface area contributed by atoms with Crippen molar-refractivity contribution in [1.82, 2.24) is 9.55 Å². The predicted molar refractivity (Wildman–Crippen MR) is 68.3 cm³/mol. The zero-order chi connectivity index (χ0) is 14.4. The molecule has 3 rings (SSSR count). The Kier molecular flexibility index (Phi) is 2.86. The van der Waals surface area contributed by atoms with Crippen molar-refractivity contribution in [3.63, 3.8) is 0 Å². The van der Waals surface area contributed by atoms with Crippen molar-refractivity contribution >= 4 is 23.3 Å². The van der Waals surface area contributed by atoms with Crippen LogP contribution in [0.1, 0.15) is 0 Å². The molecule has 1 heterocycles. The maximum Gasteiger partial charge on any atom is 0.182 e. The van der Waals surface area contributed by atoms with Gasteiger partial charge in [-0.3, -0.25) is 4.57 Å². The van der Waals surface area contributed by atoms with E-state index in [1.54, 1.807) is 0 Å². The molecule has 1 N–H and O–H groups in total. The number of rotatable bonds is 1. The monoisotopic (exact) mass is 298 g/mol. The zero-order valence-electron chi connectivity index (χ0n) is 9.75. The molecule has 7 heteroatoms. The van der Waals surface area contributed by atoms with Crippen LogP contribution in [0.25, 0.3) is 16.7 Å². The first-order valence-electron chi connectivity index (χ1n) is 5.52. The lowest BCUT2D eigenvalue weighted by atomic mass is 10.2. The molecule has 102 valence electrons. The molecule has 0 saturated carbocycles. The lowest BCUT2D eigenvalue weighted by Gasteiger charge is -2.06. The number of benzene rings is 2. The molecular formula is C13H6F4N2S. The first kappa shape index (κ1) is 12.9. The SMILES string of the molecule is Fc1ccc(F)c(-n2c(=S)[nH]c3c(F)cc(F)cc32)c1. The molecule has 2 aromatic carbocycles. The van der Waals surface area contributed by atoms with E-state index in [1.165, 1.54) is 0 Å². The van der Waals surface area contributed by atoms with Gasteiger partial charge < -0.3 is 4.98 Å². The Morgan fingerprint density at radius 2 is 1.65 bits per heavy atom. The Bertz CT molecular complexity index is 882. The molecule has 1 aromatic heterocycles. The van der Waals surface area contributed by atoms with Gasteiger partial charge in [0.15, 0.2) is 10.6 Å². The van der Waals surface area contributed by atoms with E-state index in [4.69, 9.17) is 12.2 Å². The van der Waals surface area contributed by atoms with Crippen molar-refractivity contribution in [3.8, 4) is 5.69 Å². The minimum atomic E-state index is -0.860. The molecule has 0 spiro atoms. The molecule has 0 atom stereocenters. The van der Waals surface area contributed by atoms with E-state index < -0.39 is 23.3 Å². The number of halogens is 4. The van der Waals surface area contributed by atoms with E-state index in [2.05, 4.69) is 4.98 Å². The highest BCUT2D eigenvalue weighted by Gasteiger charge is 2.15. The summed E-state index contributed by atoms with van der Waals surface area (Å²) in [4.78, 5) is 2.51. The summed E-state index contributed by atoms with van der Waals surface area (Å²) < 4.78 is 55.0. The average Bonchev–Trinajstić information content (AvgIpc) is 2.69. The number of nitrogens with zero attached hydrogens (tertiary/aromatic N) is 1. The number of aromatic nitrogens is 2. The van der Waals surface area contributed by atoms with Crippen LogP contribution in [0, 0.1) is 28.0 Å². The Labute approximate surface area is 115 Å². The molecule has 20 heavy (non-hydrogen) atoms. The molecule has 0 radical (unpaired) electrons. The number of hydrogen-bond donors (Lipinski definition) is 1. The fraction of sp³-hybridized carbons (Fsp3) is 0. The highest BCUT2D eigenvalue weighted by Crippen LogP contribution is 2.25. The molecule has 0 bridgehead atoms. The van der Waals surface area contributed by atoms with Gasteiger partial charge in [0.1, 0.15) is 23.0 Å². The van der Waals surface area contributed by atoms with Crippen molar-refractivity contribution in [1.29, 1.82) is 0 Å². The molecule has 0 unspecified atom stereocenters. The van der Waals surface area contributed by atoms with Crippen molar-refractivity contribution < 1.29 is 17.6 Å². The van der Waals surface area contributed by atoms with Crippen LogP contribution in [0.4, 0.5) is 17.6 Å². The molecule has 0 amide bonds. The Balaban J connectivity index is 2.45. The van der Waals surface area contributed by atoms with Gasteiger partial charge in [-0.15, -0.1) is 0 Å². The van der Waals surface area contributed by atoms with Crippen LogP contribution >= 0.6 is 12.2 Å². The van der Waals surface area contributed by atoms with E-state index in [-0.39, 0.29) is 21.5 Å². The molecule has 0 aliphatic heterocycles. The molecule has 3 aromatic rings. The Morgan fingerprint density at radius 1 is 0.900 bits per heavy atom. The van der Waals surface area contributed by atoms with E-state index in [9.17, 15) is 17.6 Å². The number of fused-ring (bicyclic) bond motifs is 1. The van der Waals surface area contributed by atoms with Gasteiger partial charge in [0.05, 0.1) is 11.2 Å². The third-order valence-corrected chi connectivity index (χ3v) is 3.14. The number of hydrogen-bond acceptors (Lipinski definition) is 1. The summed E-state index contributed by atoms with van der Waals surface area (Å²) in [7, 11) is 0. The summed E-state index contributed by atoms with van der Waals surface area (Å²) >= 11 is 4.97. The van der Waals surface area contributed by atoms with Gasteiger partial charge in [-0.2, -0.15) is 0 Å². The van der Waals surface area contributed by atoms with Crippen LogP contribution < -0.4 is 0 Å². The van der Waals surface area contributed by atoms with Gasteiger partial charge in [-0.25, -0.2) is 17.6 Å². The zero-order valence-corrected chi connectivity index (χ0v) is 10.6. The highest BCUT2D eigenvalue weighted by molar-refractivity contribution is 7.71. The summed E-state index contributed by atoms with van der Waals surface area (Å²) in [5, 5.41) is 0. The maximum atomic E-state index is 13.8. The van der Waals surface area contributed by atoms with Gasteiger partial charge in [-0.05, 0) is 24.4 Å². The lowest BCUT2D eigenvalue weighted by molar-refractivity contribution is 0.588. The van der Waals surface area contributed by atoms with E-state index >= 15 is 0 Å². The Morgan fingerprint density at radius 3 is 2.40 bits per heavy atom. The summed E-state index contributed by atoms with van der Waals surface area (Å²) in [6.45, 7) is 0. The minimum Gasteiger partial charge on any atom is -0.328 e. The van der Waals surface area contributed by atoms with Gasteiger partial charge in [-0.1, -0.05) is 0 Å². The van der Waals surface area contributed by atoms with Crippen LogP contribution in [-0.4, -0.2) is 9.55 Å². The van der Waals surface area contributed by atoms with Crippen molar-refractivity contribution in [2.75, 3.05) is 0 Å². The molecule has 0 aliphatic carbocycles. The van der Waals surface area contributed by atoms with Crippen LogP contribution in [0.15, 0.2) is 30.3 Å². The van der Waals surface area contributed by atoms with Crippen molar-refractivity contribution in [2.24, 2.45) is 0 Å². The standard InChI is InChI=1S/C13H6F4N2S/c14-6-1-2-8(16)10(4-6)19-11-5-7(15)3-9(17)12(11)18-13(19)20/h1-5H,(H,18,20). The summed E-state index contributed by atoms with van der Waals surface area (Å²) in [6, 6.07) is 4.44. The summed E-state index contributed by atoms with van der Waals surface area (Å²) in [5.41, 5.74) is -0.289. The Hall–Kier alpha value is -2.15. The van der Waals surface area contributed by atoms with Crippen molar-refractivity contribution in [2.45, 2.75) is 0 Å².